The second-order valence-corrected chi connectivity index (χ2v) is 7.60. The van der Waals surface area contributed by atoms with E-state index in [9.17, 15) is 4.79 Å². The molecule has 4 rings (SSSR count). The molecule has 0 unspecified atom stereocenters. The number of H-pyrrole nitrogens is 1. The van der Waals surface area contributed by atoms with Crippen LogP contribution < -0.4 is 5.32 Å². The largest absolute Gasteiger partial charge is 0.352 e. The van der Waals surface area contributed by atoms with E-state index in [0.717, 1.165) is 33.9 Å². The molecule has 0 radical (unpaired) electrons. The average Bonchev–Trinajstić information content (AvgIpc) is 3.35. The highest BCUT2D eigenvalue weighted by atomic mass is 32.2. The molecule has 4 aromatic rings. The zero-order valence-electron chi connectivity index (χ0n) is 16.0. The minimum absolute atomic E-state index is 0.0804. The minimum Gasteiger partial charge on any atom is -0.352 e. The van der Waals surface area contributed by atoms with Crippen molar-refractivity contribution in [1.29, 1.82) is 0 Å². The first-order valence-electron chi connectivity index (χ1n) is 9.41. The van der Waals surface area contributed by atoms with Gasteiger partial charge in [0, 0.05) is 24.3 Å². The van der Waals surface area contributed by atoms with Gasteiger partial charge in [-0.2, -0.15) is 4.98 Å². The Morgan fingerprint density at radius 1 is 1.14 bits per heavy atom. The van der Waals surface area contributed by atoms with Gasteiger partial charge < -0.3 is 14.8 Å². The fraction of sp³-hybridized carbons (Fsp3) is 0.238. The lowest BCUT2D eigenvalue weighted by Crippen LogP contribution is -2.24. The fourth-order valence-corrected chi connectivity index (χ4v) is 3.73. The maximum atomic E-state index is 12.3. The van der Waals surface area contributed by atoms with Crippen molar-refractivity contribution in [3.63, 3.8) is 0 Å². The number of nitrogens with zero attached hydrogens (tertiary/aromatic N) is 3. The summed E-state index contributed by atoms with van der Waals surface area (Å²) < 4.78 is 5.06. The molecule has 2 N–H and O–H groups in total. The third kappa shape index (κ3) is 5.03. The molecule has 0 aliphatic carbocycles. The first-order valence-corrected chi connectivity index (χ1v) is 10.4. The Labute approximate surface area is 172 Å². The summed E-state index contributed by atoms with van der Waals surface area (Å²) in [6.45, 7) is 2.34. The summed E-state index contributed by atoms with van der Waals surface area (Å²) >= 11 is 1.64. The van der Waals surface area contributed by atoms with Gasteiger partial charge in [0.15, 0.2) is 11.0 Å². The summed E-state index contributed by atoms with van der Waals surface area (Å²) in [5, 5.41) is 7.56. The second-order valence-electron chi connectivity index (χ2n) is 6.64. The number of para-hydroxylation sites is 2. The maximum Gasteiger partial charge on any atom is 0.251 e. The van der Waals surface area contributed by atoms with E-state index in [1.54, 1.807) is 18.7 Å². The zero-order valence-corrected chi connectivity index (χ0v) is 16.8. The summed E-state index contributed by atoms with van der Waals surface area (Å²) in [6.07, 6.45) is 1.40. The Balaban J connectivity index is 1.24. The molecule has 0 saturated carbocycles. The molecule has 0 spiro atoms. The molecule has 0 atom stereocenters. The Morgan fingerprint density at radius 3 is 2.72 bits per heavy atom. The van der Waals surface area contributed by atoms with Gasteiger partial charge in [-0.05, 0) is 43.2 Å². The summed E-state index contributed by atoms with van der Waals surface area (Å²) in [4.78, 5) is 24.3. The number of aryl methyl sites for hydroxylation is 2. The molecule has 7 nitrogen and oxygen atoms in total. The first kappa shape index (κ1) is 19.2. The van der Waals surface area contributed by atoms with Crippen LogP contribution >= 0.6 is 11.8 Å². The highest BCUT2D eigenvalue weighted by Crippen LogP contribution is 2.23. The second kappa shape index (κ2) is 8.91. The van der Waals surface area contributed by atoms with E-state index in [-0.39, 0.29) is 5.91 Å². The van der Waals surface area contributed by atoms with Gasteiger partial charge in [-0.3, -0.25) is 4.79 Å². The number of aromatic nitrogens is 4. The summed E-state index contributed by atoms with van der Waals surface area (Å²) in [7, 11) is 0. The molecular weight excluding hydrogens is 386 g/mol. The van der Waals surface area contributed by atoms with E-state index >= 15 is 0 Å². The third-order valence-electron chi connectivity index (χ3n) is 4.38. The van der Waals surface area contributed by atoms with Crippen LogP contribution in [0.25, 0.3) is 11.0 Å². The number of hydrogen-bond donors (Lipinski definition) is 2. The van der Waals surface area contributed by atoms with Crippen molar-refractivity contribution in [2.75, 3.05) is 6.54 Å². The van der Waals surface area contributed by atoms with Crippen molar-refractivity contribution in [2.24, 2.45) is 0 Å². The molecule has 0 saturated heterocycles. The van der Waals surface area contributed by atoms with Gasteiger partial charge in [-0.1, -0.05) is 41.2 Å². The van der Waals surface area contributed by atoms with E-state index in [1.165, 1.54) is 0 Å². The quantitative estimate of drug-likeness (QED) is 0.340. The minimum atomic E-state index is -0.0804. The molecule has 2 aromatic heterocycles. The van der Waals surface area contributed by atoms with Crippen LogP contribution in [0.1, 0.15) is 34.1 Å². The molecule has 2 heterocycles. The predicted molar refractivity (Wildman–Crippen MR) is 112 cm³/mol. The van der Waals surface area contributed by atoms with E-state index in [2.05, 4.69) is 25.4 Å². The van der Waals surface area contributed by atoms with Gasteiger partial charge in [0.25, 0.3) is 5.91 Å². The lowest BCUT2D eigenvalue weighted by molar-refractivity contribution is 0.0953. The van der Waals surface area contributed by atoms with Crippen LogP contribution in [0.15, 0.2) is 58.2 Å². The predicted octanol–water partition coefficient (Wildman–Crippen LogP) is 3.91. The lowest BCUT2D eigenvalue weighted by atomic mass is 10.1. The van der Waals surface area contributed by atoms with Crippen LogP contribution in [0, 0.1) is 6.92 Å². The number of hydrogen-bond acceptors (Lipinski definition) is 6. The number of benzene rings is 2. The van der Waals surface area contributed by atoms with Crippen molar-refractivity contribution in [1.82, 2.24) is 25.4 Å². The number of aromatic amines is 1. The molecule has 0 aliphatic rings. The first-order chi connectivity index (χ1) is 14.2. The molecule has 0 bridgehead atoms. The number of rotatable bonds is 8. The molecule has 2 aromatic carbocycles. The van der Waals surface area contributed by atoms with Crippen molar-refractivity contribution < 1.29 is 9.32 Å². The van der Waals surface area contributed by atoms with Gasteiger partial charge in [-0.15, -0.1) is 0 Å². The number of nitrogens with one attached hydrogen (secondary N) is 2. The van der Waals surface area contributed by atoms with E-state index in [0.29, 0.717) is 30.2 Å². The van der Waals surface area contributed by atoms with Crippen LogP contribution in [-0.4, -0.2) is 32.6 Å². The van der Waals surface area contributed by atoms with Gasteiger partial charge in [-0.25, -0.2) is 4.98 Å². The molecular formula is C21H21N5O2S. The Bertz CT molecular complexity index is 1070. The topological polar surface area (TPSA) is 96.7 Å². The number of carbonyl (C=O) groups is 1. The lowest BCUT2D eigenvalue weighted by Gasteiger charge is -2.05. The number of imidazole rings is 1. The zero-order chi connectivity index (χ0) is 20.1. The van der Waals surface area contributed by atoms with Crippen molar-refractivity contribution in [3.8, 4) is 0 Å². The highest BCUT2D eigenvalue weighted by molar-refractivity contribution is 7.98. The van der Waals surface area contributed by atoms with Crippen LogP contribution in [-0.2, 0) is 12.2 Å². The van der Waals surface area contributed by atoms with Crippen LogP contribution in [0.4, 0.5) is 0 Å². The third-order valence-corrected chi connectivity index (χ3v) is 5.33. The fourth-order valence-electron chi connectivity index (χ4n) is 2.89. The van der Waals surface area contributed by atoms with E-state index in [4.69, 9.17) is 4.52 Å². The van der Waals surface area contributed by atoms with Gasteiger partial charge in [0.05, 0.1) is 11.0 Å². The van der Waals surface area contributed by atoms with Crippen molar-refractivity contribution in [2.45, 2.75) is 30.7 Å². The SMILES string of the molecule is Cc1noc(CCCNC(=O)c2ccc(CSc3nc4ccccc4[nH]3)cc2)n1. The Hall–Kier alpha value is -3.13. The summed E-state index contributed by atoms with van der Waals surface area (Å²) in [6, 6.07) is 15.6. The molecule has 0 fully saturated rings. The standard InChI is InChI=1S/C21H21N5O2S/c1-14-23-19(28-26-14)7-4-12-22-20(27)16-10-8-15(9-11-16)13-29-21-24-17-5-2-3-6-18(17)25-21/h2-3,5-6,8-11H,4,7,12-13H2,1H3,(H,22,27)(H,24,25). The van der Waals surface area contributed by atoms with E-state index < -0.39 is 0 Å². The number of carbonyl (C=O) groups excluding carboxylic acids is 1. The summed E-state index contributed by atoms with van der Waals surface area (Å²) in [5.74, 6) is 1.93. The Kier molecular flexibility index (Phi) is 5.90. The Morgan fingerprint density at radius 2 is 1.97 bits per heavy atom. The number of fused-ring (bicyclic) bond motifs is 1. The van der Waals surface area contributed by atoms with Crippen molar-refractivity contribution in [3.05, 3.63) is 71.4 Å². The molecule has 1 amide bonds. The van der Waals surface area contributed by atoms with Gasteiger partial charge >= 0.3 is 0 Å². The molecule has 0 aliphatic heterocycles. The molecule has 148 valence electrons. The van der Waals surface area contributed by atoms with Crippen LogP contribution in [0.5, 0.6) is 0 Å². The molecule has 8 heteroatoms. The maximum absolute atomic E-state index is 12.3. The van der Waals surface area contributed by atoms with Crippen LogP contribution in [0.2, 0.25) is 0 Å². The number of thioether (sulfide) groups is 1. The van der Waals surface area contributed by atoms with Gasteiger partial charge in [0.1, 0.15) is 0 Å². The molecule has 29 heavy (non-hydrogen) atoms. The summed E-state index contributed by atoms with van der Waals surface area (Å²) in [5.41, 5.74) is 3.79. The van der Waals surface area contributed by atoms with Gasteiger partial charge in [0.2, 0.25) is 5.89 Å². The van der Waals surface area contributed by atoms with Crippen molar-refractivity contribution >= 4 is 28.7 Å². The highest BCUT2D eigenvalue weighted by Gasteiger charge is 2.07. The number of amides is 1. The average molecular weight is 407 g/mol. The monoisotopic (exact) mass is 407 g/mol. The van der Waals surface area contributed by atoms with E-state index in [1.807, 2.05) is 48.5 Å². The normalized spacial score (nSPS) is 11.1. The smallest absolute Gasteiger partial charge is 0.251 e. The van der Waals surface area contributed by atoms with Crippen LogP contribution in [0.3, 0.4) is 0 Å².